The summed E-state index contributed by atoms with van der Waals surface area (Å²) in [5.74, 6) is 0.686. The summed E-state index contributed by atoms with van der Waals surface area (Å²) in [6.45, 7) is 2.30. The summed E-state index contributed by atoms with van der Waals surface area (Å²) in [4.78, 5) is 3.97. The molecule has 19 heavy (non-hydrogen) atoms. The first-order valence-corrected chi connectivity index (χ1v) is 6.02. The van der Waals surface area contributed by atoms with Crippen LogP contribution >= 0.6 is 0 Å². The highest BCUT2D eigenvalue weighted by molar-refractivity contribution is 5.42. The van der Waals surface area contributed by atoms with Crippen molar-refractivity contribution in [3.05, 3.63) is 59.4 Å². The van der Waals surface area contributed by atoms with Gasteiger partial charge in [-0.05, 0) is 42.3 Å². The van der Waals surface area contributed by atoms with Gasteiger partial charge in [-0.1, -0.05) is 6.07 Å². The second-order valence-corrected chi connectivity index (χ2v) is 4.21. The van der Waals surface area contributed by atoms with Crippen molar-refractivity contribution in [1.29, 1.82) is 5.26 Å². The van der Waals surface area contributed by atoms with Gasteiger partial charge in [-0.3, -0.25) is 4.98 Å². The molecule has 1 unspecified atom stereocenters. The number of hydrogen-bond donors (Lipinski definition) is 1. The fraction of sp³-hybridized carbons (Fsp3) is 0.200. The monoisotopic (exact) mass is 253 g/mol. The van der Waals surface area contributed by atoms with Crippen LogP contribution in [0.3, 0.4) is 0 Å². The Hall–Kier alpha value is -2.38. The van der Waals surface area contributed by atoms with Crippen LogP contribution in [0.2, 0.25) is 0 Å². The van der Waals surface area contributed by atoms with Gasteiger partial charge in [0.15, 0.2) is 0 Å². The number of hydrogen-bond acceptors (Lipinski definition) is 4. The van der Waals surface area contributed by atoms with Gasteiger partial charge < -0.3 is 10.5 Å². The van der Waals surface area contributed by atoms with Crippen molar-refractivity contribution >= 4 is 0 Å². The fourth-order valence-corrected chi connectivity index (χ4v) is 1.78. The Kier molecular flexibility index (Phi) is 4.11. The third-order valence-corrected chi connectivity index (χ3v) is 2.88. The Morgan fingerprint density at radius 3 is 2.68 bits per heavy atom. The summed E-state index contributed by atoms with van der Waals surface area (Å²) in [7, 11) is 0. The zero-order chi connectivity index (χ0) is 13.7. The molecule has 0 spiro atoms. The number of nitriles is 1. The Balaban J connectivity index is 2.26. The number of ether oxygens (including phenoxy) is 1. The van der Waals surface area contributed by atoms with Gasteiger partial charge in [0, 0.05) is 18.9 Å². The van der Waals surface area contributed by atoms with E-state index in [0.717, 1.165) is 11.1 Å². The minimum atomic E-state index is -0.240. The Labute approximate surface area is 112 Å². The zero-order valence-electron chi connectivity index (χ0n) is 10.7. The van der Waals surface area contributed by atoms with Crippen LogP contribution in [0.15, 0.2) is 42.7 Å². The second-order valence-electron chi connectivity index (χ2n) is 4.21. The van der Waals surface area contributed by atoms with Crippen molar-refractivity contribution < 1.29 is 4.74 Å². The number of nitrogens with two attached hydrogens (primary N) is 1. The van der Waals surface area contributed by atoms with E-state index in [1.165, 1.54) is 0 Å². The fourth-order valence-electron chi connectivity index (χ4n) is 1.78. The molecule has 0 saturated heterocycles. The third-order valence-electron chi connectivity index (χ3n) is 2.88. The van der Waals surface area contributed by atoms with Gasteiger partial charge in [-0.15, -0.1) is 0 Å². The lowest BCUT2D eigenvalue weighted by Crippen LogP contribution is -2.18. The summed E-state index contributed by atoms with van der Waals surface area (Å²) in [6, 6.07) is 11.2. The van der Waals surface area contributed by atoms with Crippen LogP contribution in [-0.2, 0) is 0 Å². The molecule has 0 radical (unpaired) electrons. The molecule has 1 atom stereocenters. The molecule has 1 heterocycles. The lowest BCUT2D eigenvalue weighted by atomic mass is 10.1. The highest BCUT2D eigenvalue weighted by atomic mass is 16.5. The van der Waals surface area contributed by atoms with E-state index >= 15 is 0 Å². The van der Waals surface area contributed by atoms with Gasteiger partial charge in [0.25, 0.3) is 0 Å². The minimum Gasteiger partial charge on any atom is -0.484 e. The van der Waals surface area contributed by atoms with Crippen LogP contribution in [0, 0.1) is 18.3 Å². The second kappa shape index (κ2) is 5.98. The molecule has 0 saturated carbocycles. The van der Waals surface area contributed by atoms with Gasteiger partial charge in [0.2, 0.25) is 0 Å². The number of benzene rings is 1. The van der Waals surface area contributed by atoms with Crippen molar-refractivity contribution in [2.75, 3.05) is 6.54 Å². The lowest BCUT2D eigenvalue weighted by molar-refractivity contribution is 0.212. The molecule has 2 aromatic rings. The molecule has 0 bridgehead atoms. The predicted octanol–water partition coefficient (Wildman–Crippen LogP) is 2.34. The molecule has 0 aliphatic rings. The summed E-state index contributed by atoms with van der Waals surface area (Å²) in [5, 5.41) is 8.92. The standard InChI is InChI=1S/C15H15N3O/c1-11-2-3-12(9-16)8-14(11)19-15(10-17)13-4-6-18-7-5-13/h2-8,15H,10,17H2,1H3. The van der Waals surface area contributed by atoms with Gasteiger partial charge in [-0.2, -0.15) is 5.26 Å². The van der Waals surface area contributed by atoms with E-state index in [0.29, 0.717) is 17.9 Å². The van der Waals surface area contributed by atoms with Gasteiger partial charge >= 0.3 is 0 Å². The molecular weight excluding hydrogens is 238 g/mol. The van der Waals surface area contributed by atoms with Gasteiger partial charge in [0.1, 0.15) is 11.9 Å². The van der Waals surface area contributed by atoms with Crippen LogP contribution in [0.4, 0.5) is 0 Å². The number of nitrogens with zero attached hydrogens (tertiary/aromatic N) is 2. The predicted molar refractivity (Wildman–Crippen MR) is 72.6 cm³/mol. The molecule has 0 aliphatic heterocycles. The number of rotatable bonds is 4. The highest BCUT2D eigenvalue weighted by Gasteiger charge is 2.13. The first-order chi connectivity index (χ1) is 9.24. The van der Waals surface area contributed by atoms with Crippen molar-refractivity contribution in [2.24, 2.45) is 5.73 Å². The molecule has 4 nitrogen and oxygen atoms in total. The maximum absolute atomic E-state index is 8.92. The Morgan fingerprint density at radius 2 is 2.05 bits per heavy atom. The summed E-state index contributed by atoms with van der Waals surface area (Å²) >= 11 is 0. The van der Waals surface area contributed by atoms with E-state index in [9.17, 15) is 0 Å². The number of pyridine rings is 1. The van der Waals surface area contributed by atoms with Gasteiger partial charge in [0.05, 0.1) is 11.6 Å². The zero-order valence-corrected chi connectivity index (χ0v) is 10.7. The van der Waals surface area contributed by atoms with E-state index < -0.39 is 0 Å². The first kappa shape index (κ1) is 13.1. The minimum absolute atomic E-state index is 0.240. The Bertz CT molecular complexity index is 590. The summed E-state index contributed by atoms with van der Waals surface area (Å²) < 4.78 is 5.92. The van der Waals surface area contributed by atoms with Crippen molar-refractivity contribution in [1.82, 2.24) is 4.98 Å². The van der Waals surface area contributed by atoms with Crippen LogP contribution in [0.5, 0.6) is 5.75 Å². The number of aromatic nitrogens is 1. The topological polar surface area (TPSA) is 71.9 Å². The van der Waals surface area contributed by atoms with Crippen LogP contribution < -0.4 is 10.5 Å². The molecule has 2 rings (SSSR count). The average Bonchev–Trinajstić information content (AvgIpc) is 2.47. The van der Waals surface area contributed by atoms with Crippen LogP contribution in [-0.4, -0.2) is 11.5 Å². The van der Waals surface area contributed by atoms with E-state index in [1.807, 2.05) is 25.1 Å². The molecule has 96 valence electrons. The van der Waals surface area contributed by atoms with Crippen LogP contribution in [0.1, 0.15) is 22.8 Å². The van der Waals surface area contributed by atoms with Crippen molar-refractivity contribution in [2.45, 2.75) is 13.0 Å². The first-order valence-electron chi connectivity index (χ1n) is 6.02. The summed E-state index contributed by atoms with van der Waals surface area (Å²) in [5.41, 5.74) is 8.29. The molecule has 0 amide bonds. The van der Waals surface area contributed by atoms with Gasteiger partial charge in [-0.25, -0.2) is 0 Å². The van der Waals surface area contributed by atoms with E-state index in [1.54, 1.807) is 24.5 Å². The number of aryl methyl sites for hydroxylation is 1. The molecular formula is C15H15N3O. The Morgan fingerprint density at radius 1 is 1.32 bits per heavy atom. The molecule has 1 aromatic heterocycles. The molecule has 0 aliphatic carbocycles. The quantitative estimate of drug-likeness (QED) is 0.907. The lowest BCUT2D eigenvalue weighted by Gasteiger charge is -2.19. The molecule has 0 fully saturated rings. The maximum atomic E-state index is 8.92. The average molecular weight is 253 g/mol. The molecule has 4 heteroatoms. The van der Waals surface area contributed by atoms with Crippen molar-refractivity contribution in [3.8, 4) is 11.8 Å². The van der Waals surface area contributed by atoms with E-state index in [4.69, 9.17) is 15.7 Å². The molecule has 2 N–H and O–H groups in total. The molecule has 1 aromatic carbocycles. The van der Waals surface area contributed by atoms with Crippen molar-refractivity contribution in [3.63, 3.8) is 0 Å². The van der Waals surface area contributed by atoms with E-state index in [2.05, 4.69) is 11.1 Å². The summed E-state index contributed by atoms with van der Waals surface area (Å²) in [6.07, 6.45) is 3.18. The maximum Gasteiger partial charge on any atom is 0.136 e. The largest absolute Gasteiger partial charge is 0.484 e. The third kappa shape index (κ3) is 3.09. The SMILES string of the molecule is Cc1ccc(C#N)cc1OC(CN)c1ccncc1. The van der Waals surface area contributed by atoms with E-state index in [-0.39, 0.29) is 6.10 Å². The van der Waals surface area contributed by atoms with Crippen LogP contribution in [0.25, 0.3) is 0 Å². The smallest absolute Gasteiger partial charge is 0.136 e. The highest BCUT2D eigenvalue weighted by Crippen LogP contribution is 2.25. The normalized spacial score (nSPS) is 11.6.